The third-order valence-electron chi connectivity index (χ3n) is 6.03. The van der Waals surface area contributed by atoms with Gasteiger partial charge in [0.15, 0.2) is 5.82 Å². The number of hydrogen-bond acceptors (Lipinski definition) is 6. The van der Waals surface area contributed by atoms with Crippen molar-refractivity contribution in [1.82, 2.24) is 24.4 Å². The van der Waals surface area contributed by atoms with Gasteiger partial charge in [0.05, 0.1) is 17.7 Å². The lowest BCUT2D eigenvalue weighted by Gasteiger charge is -2.36. The molecular weight excluding hydrogens is 416 g/mol. The molecule has 33 heavy (non-hydrogen) atoms. The molecule has 1 N–H and O–H groups in total. The number of pyridine rings is 2. The van der Waals surface area contributed by atoms with Gasteiger partial charge in [-0.15, -0.1) is 0 Å². The highest BCUT2D eigenvalue weighted by molar-refractivity contribution is 6.03. The van der Waals surface area contributed by atoms with Gasteiger partial charge in [-0.3, -0.25) is 29.0 Å². The molecule has 1 fully saturated rings. The lowest BCUT2D eigenvalue weighted by molar-refractivity contribution is 0.102. The Kier molecular flexibility index (Phi) is 5.91. The molecule has 0 bridgehead atoms. The number of likely N-dealkylation sites (tertiary alicyclic amines) is 1. The number of benzene rings is 1. The summed E-state index contributed by atoms with van der Waals surface area (Å²) in [7, 11) is 0. The van der Waals surface area contributed by atoms with Crippen LogP contribution in [0.1, 0.15) is 41.2 Å². The van der Waals surface area contributed by atoms with E-state index in [1.165, 1.54) is 12.4 Å². The standard InChI is InChI=1S/C25H24N6O2/c32-24(18-10-13-26-14-11-18)29-23-25(33)31(22-9-2-1-7-20(22)28-23)17-30-15-4-3-8-21(30)19-6-5-12-27-16-19/h1-2,5-7,9-14,16,21H,3-4,8,15,17H2,(H,28,29,32). The molecule has 1 aliphatic rings. The molecule has 8 heteroatoms. The Labute approximate surface area is 190 Å². The topological polar surface area (TPSA) is 93.0 Å². The summed E-state index contributed by atoms with van der Waals surface area (Å²) in [6.45, 7) is 1.28. The molecule has 1 aliphatic heterocycles. The Morgan fingerprint density at radius 3 is 2.67 bits per heavy atom. The third-order valence-corrected chi connectivity index (χ3v) is 6.03. The number of carbonyl (C=O) groups is 1. The Morgan fingerprint density at radius 1 is 1.00 bits per heavy atom. The lowest BCUT2D eigenvalue weighted by atomic mass is 9.97. The zero-order valence-electron chi connectivity index (χ0n) is 18.1. The second kappa shape index (κ2) is 9.30. The summed E-state index contributed by atoms with van der Waals surface area (Å²) in [4.78, 5) is 41.2. The highest BCUT2D eigenvalue weighted by atomic mass is 16.2. The van der Waals surface area contributed by atoms with Crippen LogP contribution in [-0.4, -0.2) is 36.9 Å². The van der Waals surface area contributed by atoms with Crippen LogP contribution in [0.15, 0.2) is 78.1 Å². The molecule has 4 heterocycles. The zero-order valence-corrected chi connectivity index (χ0v) is 18.1. The fourth-order valence-corrected chi connectivity index (χ4v) is 4.39. The van der Waals surface area contributed by atoms with E-state index in [1.54, 1.807) is 22.9 Å². The Morgan fingerprint density at radius 2 is 1.85 bits per heavy atom. The highest BCUT2D eigenvalue weighted by Crippen LogP contribution is 2.31. The van der Waals surface area contributed by atoms with E-state index in [-0.39, 0.29) is 17.4 Å². The number of para-hydroxylation sites is 2. The van der Waals surface area contributed by atoms with E-state index in [0.29, 0.717) is 17.7 Å². The van der Waals surface area contributed by atoms with Gasteiger partial charge in [0, 0.05) is 42.9 Å². The minimum atomic E-state index is -0.393. The summed E-state index contributed by atoms with van der Waals surface area (Å²) in [5.41, 5.74) is 2.62. The molecule has 3 aromatic heterocycles. The molecule has 1 unspecified atom stereocenters. The largest absolute Gasteiger partial charge is 0.302 e. The SMILES string of the molecule is O=C(Nc1nc2ccccc2n(CN2CCCCC2c2cccnc2)c1=O)c1ccncc1. The van der Waals surface area contributed by atoms with E-state index in [0.717, 1.165) is 36.9 Å². The van der Waals surface area contributed by atoms with Crippen LogP contribution in [0.5, 0.6) is 0 Å². The first-order valence-electron chi connectivity index (χ1n) is 11.1. The summed E-state index contributed by atoms with van der Waals surface area (Å²) >= 11 is 0. The molecule has 1 saturated heterocycles. The van der Waals surface area contributed by atoms with Crippen LogP contribution >= 0.6 is 0 Å². The summed E-state index contributed by atoms with van der Waals surface area (Å²) in [5.74, 6) is -0.375. The van der Waals surface area contributed by atoms with Crippen molar-refractivity contribution in [3.8, 4) is 0 Å². The molecule has 8 nitrogen and oxygen atoms in total. The van der Waals surface area contributed by atoms with Gasteiger partial charge in [-0.05, 0) is 48.7 Å². The number of nitrogens with one attached hydrogen (secondary N) is 1. The monoisotopic (exact) mass is 440 g/mol. The van der Waals surface area contributed by atoms with E-state index in [1.807, 2.05) is 36.5 Å². The zero-order chi connectivity index (χ0) is 22.6. The molecule has 4 aromatic rings. The first kappa shape index (κ1) is 21.0. The average molecular weight is 441 g/mol. The predicted molar refractivity (Wildman–Crippen MR) is 126 cm³/mol. The second-order valence-electron chi connectivity index (χ2n) is 8.12. The van der Waals surface area contributed by atoms with E-state index in [2.05, 4.69) is 31.2 Å². The van der Waals surface area contributed by atoms with Crippen LogP contribution < -0.4 is 10.9 Å². The first-order chi connectivity index (χ1) is 16.2. The van der Waals surface area contributed by atoms with Crippen molar-refractivity contribution in [2.24, 2.45) is 0 Å². The summed E-state index contributed by atoms with van der Waals surface area (Å²) < 4.78 is 1.71. The molecule has 0 spiro atoms. The lowest BCUT2D eigenvalue weighted by Crippen LogP contribution is -2.39. The van der Waals surface area contributed by atoms with E-state index in [4.69, 9.17) is 0 Å². The predicted octanol–water partition coefficient (Wildman–Crippen LogP) is 3.62. The van der Waals surface area contributed by atoms with Gasteiger partial charge in [-0.2, -0.15) is 0 Å². The van der Waals surface area contributed by atoms with Gasteiger partial charge in [0.2, 0.25) is 0 Å². The van der Waals surface area contributed by atoms with Crippen molar-refractivity contribution in [1.29, 1.82) is 0 Å². The van der Waals surface area contributed by atoms with Gasteiger partial charge >= 0.3 is 0 Å². The van der Waals surface area contributed by atoms with Crippen LogP contribution in [0.25, 0.3) is 11.0 Å². The number of anilines is 1. The molecule has 1 aromatic carbocycles. The number of rotatable bonds is 5. The van der Waals surface area contributed by atoms with Crippen LogP contribution in [-0.2, 0) is 6.67 Å². The van der Waals surface area contributed by atoms with Crippen LogP contribution in [0, 0.1) is 0 Å². The average Bonchev–Trinajstić information content (AvgIpc) is 2.88. The number of carbonyl (C=O) groups excluding carboxylic acids is 1. The molecule has 166 valence electrons. The van der Waals surface area contributed by atoms with Crippen molar-refractivity contribution in [3.63, 3.8) is 0 Å². The fourth-order valence-electron chi connectivity index (χ4n) is 4.39. The molecule has 5 rings (SSSR count). The Balaban J connectivity index is 1.52. The minimum absolute atomic E-state index is 0.0189. The number of aromatic nitrogens is 4. The maximum Gasteiger partial charge on any atom is 0.295 e. The van der Waals surface area contributed by atoms with Crippen molar-refractivity contribution in [2.75, 3.05) is 11.9 Å². The van der Waals surface area contributed by atoms with Gasteiger partial charge < -0.3 is 5.32 Å². The quantitative estimate of drug-likeness (QED) is 0.510. The summed E-state index contributed by atoms with van der Waals surface area (Å²) in [5, 5.41) is 2.70. The third kappa shape index (κ3) is 4.38. The van der Waals surface area contributed by atoms with Gasteiger partial charge in [-0.1, -0.05) is 24.6 Å². The van der Waals surface area contributed by atoms with Crippen molar-refractivity contribution in [2.45, 2.75) is 32.0 Å². The van der Waals surface area contributed by atoms with Crippen molar-refractivity contribution >= 4 is 22.8 Å². The summed E-state index contributed by atoms with van der Waals surface area (Å²) in [6.07, 6.45) is 9.96. The maximum atomic E-state index is 13.5. The number of piperidine rings is 1. The second-order valence-corrected chi connectivity index (χ2v) is 8.12. The number of fused-ring (bicyclic) bond motifs is 1. The Hall–Kier alpha value is -3.91. The molecule has 0 aliphatic carbocycles. The van der Waals surface area contributed by atoms with Crippen LogP contribution in [0.4, 0.5) is 5.82 Å². The van der Waals surface area contributed by atoms with Crippen molar-refractivity contribution < 1.29 is 4.79 Å². The summed E-state index contributed by atoms with van der Waals surface area (Å²) in [6, 6.07) is 14.9. The molecule has 0 saturated carbocycles. The molecular formula is C25H24N6O2. The molecule has 1 atom stereocenters. The van der Waals surface area contributed by atoms with Crippen molar-refractivity contribution in [3.05, 3.63) is 94.8 Å². The van der Waals surface area contributed by atoms with E-state index < -0.39 is 5.91 Å². The van der Waals surface area contributed by atoms with Gasteiger partial charge in [0.1, 0.15) is 0 Å². The van der Waals surface area contributed by atoms with Crippen LogP contribution in [0.3, 0.4) is 0 Å². The van der Waals surface area contributed by atoms with E-state index >= 15 is 0 Å². The number of nitrogens with zero attached hydrogens (tertiary/aromatic N) is 5. The Bertz CT molecular complexity index is 1320. The van der Waals surface area contributed by atoms with Crippen LogP contribution in [0.2, 0.25) is 0 Å². The maximum absolute atomic E-state index is 13.5. The smallest absolute Gasteiger partial charge is 0.295 e. The van der Waals surface area contributed by atoms with E-state index in [9.17, 15) is 9.59 Å². The highest BCUT2D eigenvalue weighted by Gasteiger charge is 2.26. The molecule has 1 amide bonds. The number of hydrogen-bond donors (Lipinski definition) is 1. The first-order valence-corrected chi connectivity index (χ1v) is 11.1. The van der Waals surface area contributed by atoms with Gasteiger partial charge in [0.25, 0.3) is 11.5 Å². The fraction of sp³-hybridized carbons (Fsp3) is 0.240. The normalized spacial score (nSPS) is 16.5. The minimum Gasteiger partial charge on any atom is -0.302 e. The van der Waals surface area contributed by atoms with Gasteiger partial charge in [-0.25, -0.2) is 4.98 Å². The number of amides is 1. The molecule has 0 radical (unpaired) electrons.